The highest BCUT2D eigenvalue weighted by Crippen LogP contribution is 2.50. The van der Waals surface area contributed by atoms with Gasteiger partial charge in [-0.05, 0) is 49.7 Å². The number of rotatable bonds is 3. The van der Waals surface area contributed by atoms with E-state index in [1.54, 1.807) is 6.07 Å². The number of carbonyl (C=O) groups is 1. The molecule has 4 unspecified atom stereocenters. The summed E-state index contributed by atoms with van der Waals surface area (Å²) in [6.45, 7) is 2.65. The molecule has 0 aromatic heterocycles. The van der Waals surface area contributed by atoms with Crippen molar-refractivity contribution in [1.29, 1.82) is 0 Å². The zero-order valence-electron chi connectivity index (χ0n) is 12.6. The molecule has 1 N–H and O–H groups in total. The van der Waals surface area contributed by atoms with Crippen molar-refractivity contribution in [1.82, 2.24) is 4.90 Å². The number of halogens is 2. The quantitative estimate of drug-likeness (QED) is 0.932. The standard InChI is InChI=1S/C17H21F2NO2/c1-10-5-6-11(9-21)8-20(10)17(22)14-7-13(14)12-3-2-4-15(18)16(12)19/h2-4,10-11,13-14,21H,5-9H2,1H3. The number of amides is 1. The van der Waals surface area contributed by atoms with E-state index < -0.39 is 11.6 Å². The van der Waals surface area contributed by atoms with Gasteiger partial charge in [0.25, 0.3) is 0 Å². The van der Waals surface area contributed by atoms with Crippen LogP contribution in [0.2, 0.25) is 0 Å². The fraction of sp³-hybridized carbons (Fsp3) is 0.588. The van der Waals surface area contributed by atoms with Gasteiger partial charge in [-0.1, -0.05) is 12.1 Å². The summed E-state index contributed by atoms with van der Waals surface area (Å²) in [5, 5.41) is 9.30. The van der Waals surface area contributed by atoms with Crippen LogP contribution in [0.1, 0.15) is 37.7 Å². The van der Waals surface area contributed by atoms with Crippen LogP contribution in [0.15, 0.2) is 18.2 Å². The van der Waals surface area contributed by atoms with Gasteiger partial charge in [-0.2, -0.15) is 0 Å². The molecule has 0 spiro atoms. The van der Waals surface area contributed by atoms with E-state index in [0.717, 1.165) is 18.9 Å². The minimum atomic E-state index is -0.859. The lowest BCUT2D eigenvalue weighted by Crippen LogP contribution is -2.47. The van der Waals surface area contributed by atoms with Crippen LogP contribution in [0, 0.1) is 23.5 Å². The fourth-order valence-electron chi connectivity index (χ4n) is 3.47. The first-order chi connectivity index (χ1) is 10.5. The Hall–Kier alpha value is -1.49. The molecule has 1 amide bonds. The van der Waals surface area contributed by atoms with Gasteiger partial charge < -0.3 is 10.0 Å². The van der Waals surface area contributed by atoms with Crippen molar-refractivity contribution in [2.45, 2.75) is 38.1 Å². The van der Waals surface area contributed by atoms with Gasteiger partial charge in [-0.15, -0.1) is 0 Å². The number of aliphatic hydroxyl groups is 1. The first-order valence-corrected chi connectivity index (χ1v) is 7.88. The lowest BCUT2D eigenvalue weighted by molar-refractivity contribution is -0.137. The molecule has 5 heteroatoms. The van der Waals surface area contributed by atoms with Gasteiger partial charge in [0.2, 0.25) is 5.91 Å². The Kier molecular flexibility index (Phi) is 4.17. The van der Waals surface area contributed by atoms with Gasteiger partial charge >= 0.3 is 0 Å². The molecular weight excluding hydrogens is 288 g/mol. The predicted molar refractivity (Wildman–Crippen MR) is 78.2 cm³/mol. The van der Waals surface area contributed by atoms with Gasteiger partial charge in [-0.3, -0.25) is 4.79 Å². The van der Waals surface area contributed by atoms with E-state index in [1.165, 1.54) is 6.07 Å². The second-order valence-electron chi connectivity index (χ2n) is 6.56. The largest absolute Gasteiger partial charge is 0.396 e. The lowest BCUT2D eigenvalue weighted by atomic mass is 9.93. The Morgan fingerprint density at radius 2 is 2.14 bits per heavy atom. The van der Waals surface area contributed by atoms with Gasteiger partial charge in [0, 0.05) is 25.1 Å². The molecule has 2 fully saturated rings. The van der Waals surface area contributed by atoms with Crippen LogP contribution in [0.25, 0.3) is 0 Å². The maximum atomic E-state index is 13.8. The first-order valence-electron chi connectivity index (χ1n) is 7.88. The molecule has 1 heterocycles. The normalized spacial score (nSPS) is 31.2. The van der Waals surface area contributed by atoms with Gasteiger partial charge in [0.15, 0.2) is 11.6 Å². The number of nitrogens with zero attached hydrogens (tertiary/aromatic N) is 1. The number of aliphatic hydroxyl groups excluding tert-OH is 1. The van der Waals surface area contributed by atoms with E-state index in [4.69, 9.17) is 0 Å². The summed E-state index contributed by atoms with van der Waals surface area (Å²) in [6.07, 6.45) is 2.38. The minimum Gasteiger partial charge on any atom is -0.396 e. The topological polar surface area (TPSA) is 40.5 Å². The Morgan fingerprint density at radius 1 is 1.36 bits per heavy atom. The average molecular weight is 309 g/mol. The van der Waals surface area contributed by atoms with Crippen LogP contribution >= 0.6 is 0 Å². The molecule has 0 bridgehead atoms. The highest BCUT2D eigenvalue weighted by molar-refractivity contribution is 5.83. The highest BCUT2D eigenvalue weighted by Gasteiger charge is 2.48. The number of hydrogen-bond acceptors (Lipinski definition) is 2. The summed E-state index contributed by atoms with van der Waals surface area (Å²) >= 11 is 0. The van der Waals surface area contributed by atoms with E-state index >= 15 is 0 Å². The Labute approximate surface area is 128 Å². The Morgan fingerprint density at radius 3 is 2.86 bits per heavy atom. The molecule has 120 valence electrons. The molecule has 1 saturated carbocycles. The van der Waals surface area contributed by atoms with Crippen LogP contribution in [-0.2, 0) is 4.79 Å². The van der Waals surface area contributed by atoms with E-state index in [9.17, 15) is 18.7 Å². The predicted octanol–water partition coefficient (Wildman–Crippen LogP) is 2.69. The summed E-state index contributed by atoms with van der Waals surface area (Å²) in [5.41, 5.74) is 0.307. The van der Waals surface area contributed by atoms with Crippen molar-refractivity contribution >= 4 is 5.91 Å². The molecule has 0 radical (unpaired) electrons. The van der Waals surface area contributed by atoms with Crippen LogP contribution < -0.4 is 0 Å². The van der Waals surface area contributed by atoms with Gasteiger partial charge in [0.05, 0.1) is 0 Å². The van der Waals surface area contributed by atoms with Crippen molar-refractivity contribution in [3.8, 4) is 0 Å². The molecular formula is C17H21F2NO2. The molecule has 1 aliphatic heterocycles. The number of carbonyl (C=O) groups excluding carboxylic acids is 1. The molecule has 1 aromatic rings. The third-order valence-corrected chi connectivity index (χ3v) is 5.01. The van der Waals surface area contributed by atoms with E-state index in [2.05, 4.69) is 0 Å². The molecule has 3 rings (SSSR count). The molecule has 1 aromatic carbocycles. The lowest BCUT2D eigenvalue weighted by Gasteiger charge is -2.37. The Bertz CT molecular complexity index is 578. The molecule has 3 nitrogen and oxygen atoms in total. The van der Waals surface area contributed by atoms with Crippen molar-refractivity contribution in [3.63, 3.8) is 0 Å². The van der Waals surface area contributed by atoms with Crippen molar-refractivity contribution in [3.05, 3.63) is 35.4 Å². The van der Waals surface area contributed by atoms with Crippen LogP contribution in [0.4, 0.5) is 8.78 Å². The highest BCUT2D eigenvalue weighted by atomic mass is 19.2. The van der Waals surface area contributed by atoms with E-state index in [1.807, 2.05) is 11.8 Å². The summed E-state index contributed by atoms with van der Waals surface area (Å²) < 4.78 is 27.1. The van der Waals surface area contributed by atoms with Gasteiger partial charge in [-0.25, -0.2) is 8.78 Å². The third-order valence-electron chi connectivity index (χ3n) is 5.01. The zero-order chi connectivity index (χ0) is 15.9. The van der Waals surface area contributed by atoms with E-state index in [0.29, 0.717) is 18.5 Å². The molecule has 1 aliphatic carbocycles. The molecule has 22 heavy (non-hydrogen) atoms. The maximum Gasteiger partial charge on any atom is 0.226 e. The third kappa shape index (κ3) is 2.74. The van der Waals surface area contributed by atoms with Crippen molar-refractivity contribution in [2.24, 2.45) is 11.8 Å². The maximum absolute atomic E-state index is 13.8. The average Bonchev–Trinajstić information content (AvgIpc) is 3.30. The summed E-state index contributed by atoms with van der Waals surface area (Å²) in [7, 11) is 0. The number of benzene rings is 1. The first kappa shape index (κ1) is 15.4. The zero-order valence-corrected chi connectivity index (χ0v) is 12.6. The van der Waals surface area contributed by atoms with Gasteiger partial charge in [0.1, 0.15) is 0 Å². The van der Waals surface area contributed by atoms with Crippen LogP contribution in [0.3, 0.4) is 0 Å². The Balaban J connectivity index is 1.71. The number of likely N-dealkylation sites (tertiary alicyclic amines) is 1. The van der Waals surface area contributed by atoms with Crippen LogP contribution in [-0.4, -0.2) is 35.1 Å². The summed E-state index contributed by atoms with van der Waals surface area (Å²) in [4.78, 5) is 14.5. The van der Waals surface area contributed by atoms with Crippen molar-refractivity contribution in [2.75, 3.05) is 13.2 Å². The smallest absolute Gasteiger partial charge is 0.226 e. The van der Waals surface area contributed by atoms with Crippen molar-refractivity contribution < 1.29 is 18.7 Å². The van der Waals surface area contributed by atoms with E-state index in [-0.39, 0.29) is 36.3 Å². The number of piperidine rings is 1. The molecule has 1 saturated heterocycles. The second-order valence-corrected chi connectivity index (χ2v) is 6.56. The summed E-state index contributed by atoms with van der Waals surface area (Å²) in [5.74, 6) is -2.02. The fourth-order valence-corrected chi connectivity index (χ4v) is 3.47. The monoisotopic (exact) mass is 309 g/mol. The second kappa shape index (κ2) is 5.95. The molecule has 4 atom stereocenters. The SMILES string of the molecule is CC1CCC(CO)CN1C(=O)C1CC1c1cccc(F)c1F. The summed E-state index contributed by atoms with van der Waals surface area (Å²) in [6, 6.07) is 4.29. The number of hydrogen-bond donors (Lipinski definition) is 1. The minimum absolute atomic E-state index is 0.0133. The van der Waals surface area contributed by atoms with Crippen LogP contribution in [0.5, 0.6) is 0 Å². The molecule has 2 aliphatic rings.